The Morgan fingerprint density at radius 3 is 2.11 bits per heavy atom. The van der Waals surface area contributed by atoms with Crippen molar-refractivity contribution in [3.05, 3.63) is 12.2 Å². The number of nitrogens with zero attached hydrogens (tertiary/aromatic N) is 3. The minimum Gasteiger partial charge on any atom is -0.256 e. The minimum atomic E-state index is 0.171. The van der Waals surface area contributed by atoms with Gasteiger partial charge in [-0.3, -0.25) is 4.68 Å². The van der Waals surface area contributed by atoms with E-state index >= 15 is 0 Å². The summed E-state index contributed by atoms with van der Waals surface area (Å²) >= 11 is 0. The van der Waals surface area contributed by atoms with Crippen molar-refractivity contribution in [3.63, 3.8) is 0 Å². The van der Waals surface area contributed by atoms with Crippen molar-refractivity contribution in [2.45, 2.75) is 84.0 Å². The molecular formula is C16H31N3. The first-order valence-electron chi connectivity index (χ1n) is 7.98. The highest BCUT2D eigenvalue weighted by Gasteiger charge is 2.29. The lowest BCUT2D eigenvalue weighted by Gasteiger charge is -2.26. The van der Waals surface area contributed by atoms with Crippen molar-refractivity contribution < 1.29 is 0 Å². The van der Waals surface area contributed by atoms with Crippen LogP contribution in [-0.2, 0) is 12.5 Å². The van der Waals surface area contributed by atoms with Crippen LogP contribution in [0.3, 0.4) is 0 Å². The Bertz CT molecular complexity index is 346. The van der Waals surface area contributed by atoms with E-state index in [1.165, 1.54) is 57.8 Å². The third kappa shape index (κ3) is 5.33. The van der Waals surface area contributed by atoms with Gasteiger partial charge in [0, 0.05) is 12.5 Å². The summed E-state index contributed by atoms with van der Waals surface area (Å²) in [5, 5.41) is 4.57. The van der Waals surface area contributed by atoms with Crippen LogP contribution >= 0.6 is 0 Å². The van der Waals surface area contributed by atoms with Crippen LogP contribution in [0.5, 0.6) is 0 Å². The van der Waals surface area contributed by atoms with E-state index < -0.39 is 0 Å². The molecular weight excluding hydrogens is 234 g/mol. The predicted octanol–water partition coefficient (Wildman–Crippen LogP) is 4.62. The second-order valence-electron chi connectivity index (χ2n) is 6.07. The summed E-state index contributed by atoms with van der Waals surface area (Å²) in [5.41, 5.74) is 0.171. The quantitative estimate of drug-likeness (QED) is 0.578. The van der Waals surface area contributed by atoms with E-state index in [2.05, 4.69) is 30.9 Å². The topological polar surface area (TPSA) is 30.7 Å². The Kier molecular flexibility index (Phi) is 7.11. The Hall–Kier alpha value is -0.860. The first-order valence-corrected chi connectivity index (χ1v) is 7.98. The van der Waals surface area contributed by atoms with Gasteiger partial charge in [-0.25, -0.2) is 4.98 Å². The lowest BCUT2D eigenvalue weighted by Crippen LogP contribution is -2.24. The van der Waals surface area contributed by atoms with Crippen LogP contribution in [-0.4, -0.2) is 14.8 Å². The summed E-state index contributed by atoms with van der Waals surface area (Å²) in [7, 11) is 1.96. The second-order valence-corrected chi connectivity index (χ2v) is 6.07. The molecule has 1 aromatic heterocycles. The molecule has 1 unspecified atom stereocenters. The molecule has 19 heavy (non-hydrogen) atoms. The molecule has 0 aliphatic carbocycles. The third-order valence-corrected chi connectivity index (χ3v) is 4.05. The Morgan fingerprint density at radius 1 is 1.00 bits per heavy atom. The molecule has 0 spiro atoms. The van der Waals surface area contributed by atoms with Crippen molar-refractivity contribution >= 4 is 0 Å². The van der Waals surface area contributed by atoms with E-state index in [0.29, 0.717) is 0 Å². The number of rotatable bonds is 10. The van der Waals surface area contributed by atoms with Gasteiger partial charge in [-0.1, -0.05) is 65.7 Å². The summed E-state index contributed by atoms with van der Waals surface area (Å²) in [5.74, 6) is 1.04. The normalized spacial score (nSPS) is 14.5. The molecule has 110 valence electrons. The highest BCUT2D eigenvalue weighted by atomic mass is 15.3. The van der Waals surface area contributed by atoms with Crippen LogP contribution in [0, 0.1) is 0 Å². The largest absolute Gasteiger partial charge is 0.256 e. The lowest BCUT2D eigenvalue weighted by molar-refractivity contribution is 0.346. The molecule has 0 saturated carbocycles. The number of aryl methyl sites for hydroxylation is 1. The smallest absolute Gasteiger partial charge is 0.156 e. The van der Waals surface area contributed by atoms with E-state index in [9.17, 15) is 0 Å². The average Bonchev–Trinajstić information content (AvgIpc) is 2.82. The summed E-state index contributed by atoms with van der Waals surface area (Å²) < 4.78 is 1.83. The van der Waals surface area contributed by atoms with Gasteiger partial charge in [-0.2, -0.15) is 5.10 Å². The van der Waals surface area contributed by atoms with Crippen LogP contribution in [0.4, 0.5) is 0 Å². The van der Waals surface area contributed by atoms with E-state index in [1.807, 2.05) is 18.1 Å². The Labute approximate surface area is 118 Å². The van der Waals surface area contributed by atoms with Crippen LogP contribution < -0.4 is 0 Å². The first-order chi connectivity index (χ1) is 9.12. The fraction of sp³-hybridized carbons (Fsp3) is 0.875. The zero-order valence-electron chi connectivity index (χ0n) is 13.3. The van der Waals surface area contributed by atoms with Crippen LogP contribution in [0.2, 0.25) is 0 Å². The molecule has 0 amide bonds. The summed E-state index contributed by atoms with van der Waals surface area (Å²) in [6, 6.07) is 0. The van der Waals surface area contributed by atoms with Crippen LogP contribution in [0.15, 0.2) is 6.33 Å². The molecule has 1 atom stereocenters. The molecule has 0 bridgehead atoms. The van der Waals surface area contributed by atoms with E-state index in [1.54, 1.807) is 0 Å². The Morgan fingerprint density at radius 2 is 1.58 bits per heavy atom. The monoisotopic (exact) mass is 265 g/mol. The molecule has 1 rings (SSSR count). The van der Waals surface area contributed by atoms with Crippen molar-refractivity contribution in [1.29, 1.82) is 0 Å². The van der Waals surface area contributed by atoms with Gasteiger partial charge < -0.3 is 0 Å². The summed E-state index contributed by atoms with van der Waals surface area (Å²) in [6.07, 6.45) is 13.5. The van der Waals surface area contributed by atoms with Crippen LogP contribution in [0.25, 0.3) is 0 Å². The molecule has 0 aromatic carbocycles. The maximum atomic E-state index is 4.57. The minimum absolute atomic E-state index is 0.171. The molecule has 0 saturated heterocycles. The van der Waals surface area contributed by atoms with E-state index in [4.69, 9.17) is 0 Å². The molecule has 3 heteroatoms. The molecule has 0 N–H and O–H groups in total. The summed E-state index contributed by atoms with van der Waals surface area (Å²) in [6.45, 7) is 6.88. The van der Waals surface area contributed by atoms with Gasteiger partial charge in [0.05, 0.1) is 0 Å². The molecule has 0 fully saturated rings. The number of aromatic nitrogens is 3. The van der Waals surface area contributed by atoms with Crippen LogP contribution in [0.1, 0.15) is 84.4 Å². The molecule has 3 nitrogen and oxygen atoms in total. The summed E-state index contributed by atoms with van der Waals surface area (Å²) in [4.78, 5) is 4.52. The lowest BCUT2D eigenvalue weighted by atomic mass is 9.79. The van der Waals surface area contributed by atoms with Gasteiger partial charge in [0.15, 0.2) is 5.82 Å². The fourth-order valence-corrected chi connectivity index (χ4v) is 2.67. The van der Waals surface area contributed by atoms with Gasteiger partial charge in [-0.05, 0) is 12.8 Å². The van der Waals surface area contributed by atoms with E-state index in [0.717, 1.165) is 5.82 Å². The highest BCUT2D eigenvalue weighted by molar-refractivity contribution is 5.04. The molecule has 0 aliphatic heterocycles. The Balaban J connectivity index is 2.60. The van der Waals surface area contributed by atoms with Gasteiger partial charge in [-0.15, -0.1) is 0 Å². The average molecular weight is 265 g/mol. The maximum Gasteiger partial charge on any atom is 0.156 e. The second kappa shape index (κ2) is 8.34. The SMILES string of the molecule is CCCCCCC(C)(CCCCC)c1ncn(C)n1. The molecule has 0 aliphatic rings. The van der Waals surface area contributed by atoms with Crippen molar-refractivity contribution in [3.8, 4) is 0 Å². The van der Waals surface area contributed by atoms with Gasteiger partial charge >= 0.3 is 0 Å². The first kappa shape index (κ1) is 16.2. The molecule has 1 heterocycles. The number of hydrogen-bond acceptors (Lipinski definition) is 2. The predicted molar refractivity (Wildman–Crippen MR) is 81.3 cm³/mol. The standard InChI is InChI=1S/C16H31N3/c1-5-7-9-11-13-16(3,12-10-8-6-2)15-17-14-19(4)18-15/h14H,5-13H2,1-4H3. The third-order valence-electron chi connectivity index (χ3n) is 4.05. The van der Waals surface area contributed by atoms with Gasteiger partial charge in [0.1, 0.15) is 6.33 Å². The zero-order valence-corrected chi connectivity index (χ0v) is 13.3. The van der Waals surface area contributed by atoms with Crippen molar-refractivity contribution in [2.24, 2.45) is 7.05 Å². The van der Waals surface area contributed by atoms with Gasteiger partial charge in [0.25, 0.3) is 0 Å². The number of hydrogen-bond donors (Lipinski definition) is 0. The van der Waals surface area contributed by atoms with Gasteiger partial charge in [0.2, 0.25) is 0 Å². The zero-order chi connectivity index (χ0) is 14.1. The van der Waals surface area contributed by atoms with Crippen molar-refractivity contribution in [1.82, 2.24) is 14.8 Å². The van der Waals surface area contributed by atoms with E-state index in [-0.39, 0.29) is 5.41 Å². The number of unbranched alkanes of at least 4 members (excludes halogenated alkanes) is 5. The van der Waals surface area contributed by atoms with Crippen molar-refractivity contribution in [2.75, 3.05) is 0 Å². The molecule has 0 radical (unpaired) electrons. The molecule has 1 aromatic rings. The fourth-order valence-electron chi connectivity index (χ4n) is 2.67. The highest BCUT2D eigenvalue weighted by Crippen LogP contribution is 2.33. The maximum absolute atomic E-state index is 4.57.